The van der Waals surface area contributed by atoms with Crippen LogP contribution in [0.4, 0.5) is 8.78 Å². The minimum Gasteiger partial charge on any atom is -0.480 e. The Bertz CT molecular complexity index is 1730. The molecule has 0 aliphatic carbocycles. The van der Waals surface area contributed by atoms with Crippen molar-refractivity contribution in [3.63, 3.8) is 0 Å². The molecule has 6 N–H and O–H groups in total. The van der Waals surface area contributed by atoms with Gasteiger partial charge in [0.1, 0.15) is 24.3 Å². The van der Waals surface area contributed by atoms with E-state index >= 15 is 4.39 Å². The van der Waals surface area contributed by atoms with Crippen molar-refractivity contribution in [2.75, 3.05) is 33.3 Å². The van der Waals surface area contributed by atoms with Crippen LogP contribution in [0.3, 0.4) is 0 Å². The Kier molecular flexibility index (Phi) is 14.6. The van der Waals surface area contributed by atoms with Crippen molar-refractivity contribution in [3.8, 4) is 11.1 Å². The van der Waals surface area contributed by atoms with E-state index < -0.39 is 72.0 Å². The topological polar surface area (TPSA) is 187 Å². The number of hydrogen-bond donors (Lipinski definition) is 5. The number of aromatic nitrogens is 1. The number of aliphatic hydroxyl groups excluding tert-OH is 1. The van der Waals surface area contributed by atoms with E-state index in [0.717, 1.165) is 23.8 Å². The summed E-state index contributed by atoms with van der Waals surface area (Å²) in [5, 5.41) is 24.4. The predicted octanol–water partition coefficient (Wildman–Crippen LogP) is 2.66. The number of hydrogen-bond acceptors (Lipinski definition) is 7. The highest BCUT2D eigenvalue weighted by Gasteiger charge is 2.37. The van der Waals surface area contributed by atoms with Gasteiger partial charge in [0, 0.05) is 56.1 Å². The molecule has 3 aromatic rings. The van der Waals surface area contributed by atoms with E-state index in [2.05, 4.69) is 10.6 Å². The summed E-state index contributed by atoms with van der Waals surface area (Å²) in [6.07, 6.45) is 1.70. The van der Waals surface area contributed by atoms with Gasteiger partial charge < -0.3 is 40.9 Å². The molecular weight excluding hydrogens is 678 g/mol. The third-order valence-corrected chi connectivity index (χ3v) is 8.48. The number of nitrogens with two attached hydrogens (primary N) is 1. The second kappa shape index (κ2) is 18.4. The van der Waals surface area contributed by atoms with Gasteiger partial charge in [-0.15, -0.1) is 0 Å². The molecule has 52 heavy (non-hydrogen) atoms. The van der Waals surface area contributed by atoms with E-state index in [1.54, 1.807) is 19.2 Å². The van der Waals surface area contributed by atoms with Gasteiger partial charge in [0.2, 0.25) is 23.6 Å². The number of halogens is 2. The van der Waals surface area contributed by atoms with Crippen molar-refractivity contribution in [2.24, 2.45) is 11.1 Å². The summed E-state index contributed by atoms with van der Waals surface area (Å²) in [5.41, 5.74) is 7.29. The van der Waals surface area contributed by atoms with E-state index in [4.69, 9.17) is 5.73 Å². The summed E-state index contributed by atoms with van der Waals surface area (Å²) in [6, 6.07) is 10.5. The zero-order chi connectivity index (χ0) is 38.7. The largest absolute Gasteiger partial charge is 0.480 e. The molecule has 1 aromatic heterocycles. The average Bonchev–Trinajstić information content (AvgIpc) is 3.49. The van der Waals surface area contributed by atoms with Crippen LogP contribution >= 0.6 is 0 Å². The highest BCUT2D eigenvalue weighted by molar-refractivity contribution is 5.88. The maximum absolute atomic E-state index is 15.0. The number of aliphatic hydroxyl groups is 1. The number of amides is 4. The number of carboxylic acid groups (broad SMARTS) is 1. The molecule has 282 valence electrons. The van der Waals surface area contributed by atoms with Gasteiger partial charge in [-0.3, -0.25) is 19.2 Å². The Morgan fingerprint density at radius 1 is 1.00 bits per heavy atom. The van der Waals surface area contributed by atoms with Crippen LogP contribution in [-0.4, -0.2) is 99.6 Å². The molecule has 3 atom stereocenters. The molecule has 2 unspecified atom stereocenters. The van der Waals surface area contributed by atoms with Crippen molar-refractivity contribution < 1.29 is 43.0 Å². The summed E-state index contributed by atoms with van der Waals surface area (Å²) in [4.78, 5) is 65.0. The first-order chi connectivity index (χ1) is 24.5. The number of likely N-dealkylation sites (N-methyl/N-ethyl adjacent to an activating group) is 1. The highest BCUT2D eigenvalue weighted by atomic mass is 19.1. The lowest BCUT2D eigenvalue weighted by atomic mass is 9.82. The highest BCUT2D eigenvalue weighted by Crippen LogP contribution is 2.41. The lowest BCUT2D eigenvalue weighted by Gasteiger charge is -2.41. The Labute approximate surface area is 301 Å². The summed E-state index contributed by atoms with van der Waals surface area (Å²) >= 11 is 0. The Morgan fingerprint density at radius 2 is 1.67 bits per heavy atom. The minimum absolute atomic E-state index is 0.0186. The molecule has 0 spiro atoms. The predicted molar refractivity (Wildman–Crippen MR) is 189 cm³/mol. The Balaban J connectivity index is 1.89. The van der Waals surface area contributed by atoms with Crippen molar-refractivity contribution in [1.29, 1.82) is 0 Å². The Hall–Kier alpha value is -5.15. The number of aliphatic carboxylic acids is 1. The fourth-order valence-corrected chi connectivity index (χ4v) is 5.83. The number of carbonyl (C=O) groups is 5. The van der Waals surface area contributed by atoms with Crippen molar-refractivity contribution in [3.05, 3.63) is 83.7 Å². The maximum atomic E-state index is 15.0. The molecule has 13 nitrogen and oxygen atoms in total. The fourth-order valence-electron chi connectivity index (χ4n) is 5.83. The minimum atomic E-state index is -1.55. The number of carboxylic acids is 1. The number of benzene rings is 2. The molecule has 2 aromatic carbocycles. The van der Waals surface area contributed by atoms with Crippen LogP contribution in [-0.2, 0) is 30.5 Å². The van der Waals surface area contributed by atoms with Gasteiger partial charge in [-0.2, -0.15) is 0 Å². The Morgan fingerprint density at radius 3 is 2.27 bits per heavy atom. The van der Waals surface area contributed by atoms with Gasteiger partial charge in [0.15, 0.2) is 0 Å². The van der Waals surface area contributed by atoms with Crippen LogP contribution in [0.2, 0.25) is 0 Å². The molecule has 0 bridgehead atoms. The molecule has 0 fully saturated rings. The first-order valence-corrected chi connectivity index (χ1v) is 16.9. The molecule has 4 amide bonds. The standard InChI is InChI=1S/C37H48F2N6O7/c1-6-32(48)43(5)21-31(47)41-18-29(36(51)52)42-35(50)28(40)14-15-45(33(49)22-46)34(37(2,3)4)30-16-24(26-17-25(38)12-13-27(26)39)20-44(30)19-23-10-8-7-9-11-23/h7-13,16-17,20,28-29,34,46H,6,14-15,18-19,21-22,40H2,1-5H3,(H,41,47)(H,42,50)(H,51,52)/t28?,29-,34?/m0/s1. The molecule has 3 rings (SSSR count). The van der Waals surface area contributed by atoms with Gasteiger partial charge in [-0.05, 0) is 41.7 Å². The van der Waals surface area contributed by atoms with E-state index in [0.29, 0.717) is 17.8 Å². The summed E-state index contributed by atoms with van der Waals surface area (Å²) in [5.74, 6) is -5.16. The van der Waals surface area contributed by atoms with E-state index in [9.17, 15) is 38.6 Å². The zero-order valence-corrected chi connectivity index (χ0v) is 30.1. The second-order valence-electron chi connectivity index (χ2n) is 13.6. The SMILES string of the molecule is CCC(=O)N(C)CC(=O)NC[C@H](NC(=O)C(N)CCN(C(=O)CO)C(c1cc(-c2cc(F)ccc2F)cn1Cc1ccccc1)C(C)(C)C)C(=O)O. The first kappa shape index (κ1) is 41.3. The second-order valence-corrected chi connectivity index (χ2v) is 13.6. The molecule has 15 heteroatoms. The summed E-state index contributed by atoms with van der Waals surface area (Å²) < 4.78 is 31.1. The lowest BCUT2D eigenvalue weighted by molar-refractivity contribution is -0.142. The van der Waals surface area contributed by atoms with Crippen LogP contribution in [0.25, 0.3) is 11.1 Å². The molecule has 1 heterocycles. The van der Waals surface area contributed by atoms with Crippen LogP contribution in [0.15, 0.2) is 60.8 Å². The monoisotopic (exact) mass is 726 g/mol. The van der Waals surface area contributed by atoms with Gasteiger partial charge in [0.05, 0.1) is 18.6 Å². The van der Waals surface area contributed by atoms with Crippen molar-refractivity contribution in [1.82, 2.24) is 25.0 Å². The maximum Gasteiger partial charge on any atom is 0.328 e. The van der Waals surface area contributed by atoms with Crippen LogP contribution in [0.1, 0.15) is 57.8 Å². The average molecular weight is 727 g/mol. The third-order valence-electron chi connectivity index (χ3n) is 8.48. The van der Waals surface area contributed by atoms with Crippen LogP contribution in [0, 0.1) is 17.0 Å². The van der Waals surface area contributed by atoms with Gasteiger partial charge >= 0.3 is 5.97 Å². The quantitative estimate of drug-likeness (QED) is 0.141. The van der Waals surface area contributed by atoms with Gasteiger partial charge in [-0.1, -0.05) is 58.0 Å². The first-order valence-electron chi connectivity index (χ1n) is 16.9. The van der Waals surface area contributed by atoms with Crippen LogP contribution in [0.5, 0.6) is 0 Å². The normalized spacial score (nSPS) is 13.1. The molecule has 0 aliphatic heterocycles. The number of nitrogens with one attached hydrogen (secondary N) is 2. The fraction of sp³-hybridized carbons (Fsp3) is 0.432. The smallest absolute Gasteiger partial charge is 0.328 e. The van der Waals surface area contributed by atoms with Crippen molar-refractivity contribution >= 4 is 29.6 Å². The number of nitrogens with zero attached hydrogens (tertiary/aromatic N) is 3. The number of rotatable bonds is 17. The summed E-state index contributed by atoms with van der Waals surface area (Å²) in [7, 11) is 1.43. The van der Waals surface area contributed by atoms with E-state index in [1.807, 2.05) is 55.7 Å². The van der Waals surface area contributed by atoms with Crippen molar-refractivity contribution in [2.45, 2.75) is 65.2 Å². The molecular formula is C37H48F2N6O7. The van der Waals surface area contributed by atoms with E-state index in [1.165, 1.54) is 16.8 Å². The molecule has 0 radical (unpaired) electrons. The number of carbonyl (C=O) groups excluding carboxylic acids is 4. The molecule has 0 saturated carbocycles. The zero-order valence-electron chi connectivity index (χ0n) is 30.1. The molecule has 0 aliphatic rings. The van der Waals surface area contributed by atoms with E-state index in [-0.39, 0.29) is 37.4 Å². The summed E-state index contributed by atoms with van der Waals surface area (Å²) in [6.45, 7) is 5.74. The lowest BCUT2D eigenvalue weighted by Crippen LogP contribution is -2.54. The van der Waals surface area contributed by atoms with Crippen LogP contribution < -0.4 is 16.4 Å². The molecule has 0 saturated heterocycles. The van der Waals surface area contributed by atoms with Gasteiger partial charge in [0.25, 0.3) is 0 Å². The van der Waals surface area contributed by atoms with Gasteiger partial charge in [-0.25, -0.2) is 13.6 Å². The third kappa shape index (κ3) is 11.2.